The second-order valence-electron chi connectivity index (χ2n) is 3.41. The molecule has 0 aromatic carbocycles. The second kappa shape index (κ2) is 1.54. The van der Waals surface area contributed by atoms with Crippen molar-refractivity contribution in [3.8, 4) is 0 Å². The lowest BCUT2D eigenvalue weighted by Crippen LogP contribution is -2.68. The fourth-order valence-corrected chi connectivity index (χ4v) is 2.76. The van der Waals surface area contributed by atoms with E-state index in [9.17, 15) is 8.42 Å². The molecule has 4 nitrogen and oxygen atoms in total. The third kappa shape index (κ3) is 0.853. The average molecular weight is 162 g/mol. The molecule has 0 unspecified atom stereocenters. The monoisotopic (exact) mass is 162 g/mol. The number of nitrogens with two attached hydrogens (primary N) is 1. The Balaban J connectivity index is 2.03. The Kier molecular flexibility index (Phi) is 1.01. The number of nitrogens with one attached hydrogen (secondary N) is 1. The molecule has 0 saturated heterocycles. The van der Waals surface area contributed by atoms with Crippen LogP contribution in [0.4, 0.5) is 0 Å². The van der Waals surface area contributed by atoms with E-state index in [-0.39, 0.29) is 5.54 Å². The van der Waals surface area contributed by atoms with Gasteiger partial charge in [-0.05, 0) is 25.2 Å². The van der Waals surface area contributed by atoms with Crippen LogP contribution in [0.5, 0.6) is 0 Å². The third-order valence-electron chi connectivity index (χ3n) is 2.40. The molecular weight excluding hydrogens is 152 g/mol. The number of hydrogen-bond acceptors (Lipinski definition) is 2. The summed E-state index contributed by atoms with van der Waals surface area (Å²) in [5.41, 5.74) is -0.113. The highest BCUT2D eigenvalue weighted by molar-refractivity contribution is 7.87. The summed E-state index contributed by atoms with van der Waals surface area (Å²) in [6.07, 6.45) is 2.97. The van der Waals surface area contributed by atoms with E-state index < -0.39 is 10.2 Å². The van der Waals surface area contributed by atoms with Crippen LogP contribution in [0.15, 0.2) is 0 Å². The van der Waals surface area contributed by atoms with Crippen LogP contribution in [0.25, 0.3) is 0 Å². The highest BCUT2D eigenvalue weighted by Crippen LogP contribution is 2.57. The van der Waals surface area contributed by atoms with E-state index >= 15 is 0 Å². The normalized spacial score (nSPS) is 43.9. The first-order valence-electron chi connectivity index (χ1n) is 3.31. The molecule has 0 amide bonds. The summed E-state index contributed by atoms with van der Waals surface area (Å²) in [6.45, 7) is 0. The molecule has 2 bridgehead atoms. The topological polar surface area (TPSA) is 72.2 Å². The Labute approximate surface area is 60.0 Å². The molecule has 0 aliphatic heterocycles. The molecule has 5 heteroatoms. The van der Waals surface area contributed by atoms with E-state index in [0.29, 0.717) is 0 Å². The molecule has 0 aromatic rings. The molecule has 3 N–H and O–H groups in total. The number of hydrogen-bond donors (Lipinski definition) is 2. The van der Waals surface area contributed by atoms with Crippen LogP contribution in [0.1, 0.15) is 19.3 Å². The maximum Gasteiger partial charge on any atom is 0.274 e. The van der Waals surface area contributed by atoms with Gasteiger partial charge in [-0.3, -0.25) is 0 Å². The predicted octanol–water partition coefficient (Wildman–Crippen LogP) is -0.668. The average Bonchev–Trinajstić information content (AvgIpc) is 1.48. The lowest BCUT2D eigenvalue weighted by molar-refractivity contribution is -0.0317. The molecule has 0 heterocycles. The molecule has 0 radical (unpaired) electrons. The maximum absolute atomic E-state index is 10.5. The molecule has 10 heavy (non-hydrogen) atoms. The minimum absolute atomic E-state index is 0.113. The van der Waals surface area contributed by atoms with Gasteiger partial charge in [0.25, 0.3) is 10.2 Å². The molecule has 58 valence electrons. The highest BCUT2D eigenvalue weighted by atomic mass is 32.2. The van der Waals surface area contributed by atoms with Crippen molar-refractivity contribution in [2.45, 2.75) is 24.8 Å². The minimum atomic E-state index is -3.45. The first-order valence-corrected chi connectivity index (χ1v) is 4.85. The fourth-order valence-electron chi connectivity index (χ4n) is 1.91. The first kappa shape index (κ1) is 6.57. The van der Waals surface area contributed by atoms with Crippen LogP contribution in [0, 0.1) is 5.92 Å². The Morgan fingerprint density at radius 2 is 1.90 bits per heavy atom. The van der Waals surface area contributed by atoms with Gasteiger partial charge in [-0.15, -0.1) is 0 Å². The molecule has 0 aromatic heterocycles. The van der Waals surface area contributed by atoms with Crippen LogP contribution < -0.4 is 9.86 Å². The molecule has 3 fully saturated rings. The lowest BCUT2D eigenvalue weighted by Gasteiger charge is -2.61. The van der Waals surface area contributed by atoms with Gasteiger partial charge in [-0.2, -0.15) is 13.1 Å². The van der Waals surface area contributed by atoms with Crippen molar-refractivity contribution < 1.29 is 8.42 Å². The van der Waals surface area contributed by atoms with Crippen LogP contribution in [0.3, 0.4) is 0 Å². The van der Waals surface area contributed by atoms with Crippen molar-refractivity contribution in [1.82, 2.24) is 4.72 Å². The van der Waals surface area contributed by atoms with Gasteiger partial charge in [0.1, 0.15) is 0 Å². The molecule has 0 atom stereocenters. The van der Waals surface area contributed by atoms with Gasteiger partial charge in [-0.25, -0.2) is 5.14 Å². The summed E-state index contributed by atoms with van der Waals surface area (Å²) < 4.78 is 23.5. The van der Waals surface area contributed by atoms with Crippen molar-refractivity contribution >= 4 is 10.2 Å². The standard InChI is InChI=1S/C5H10N2O2S/c6-10(8,9)7-5-1-4(2-5)3-5/h4,7H,1-3H2,(H2,6,8,9). The van der Waals surface area contributed by atoms with Gasteiger partial charge in [0.15, 0.2) is 0 Å². The first-order chi connectivity index (χ1) is 4.49. The van der Waals surface area contributed by atoms with Gasteiger partial charge in [0, 0.05) is 5.54 Å². The number of rotatable bonds is 2. The molecule has 3 aliphatic rings. The zero-order valence-electron chi connectivity index (χ0n) is 5.50. The van der Waals surface area contributed by atoms with Crippen molar-refractivity contribution in [3.63, 3.8) is 0 Å². The maximum atomic E-state index is 10.5. The lowest BCUT2D eigenvalue weighted by atomic mass is 9.50. The second-order valence-corrected chi connectivity index (χ2v) is 4.70. The predicted molar refractivity (Wildman–Crippen MR) is 36.3 cm³/mol. The summed E-state index contributed by atoms with van der Waals surface area (Å²) in [6, 6.07) is 0. The summed E-state index contributed by atoms with van der Waals surface area (Å²) in [5, 5.41) is 4.82. The van der Waals surface area contributed by atoms with Crippen LogP contribution in [-0.4, -0.2) is 14.0 Å². The largest absolute Gasteiger partial charge is 0.274 e. The van der Waals surface area contributed by atoms with Gasteiger partial charge in [0.2, 0.25) is 0 Å². The summed E-state index contributed by atoms with van der Waals surface area (Å²) in [5.74, 6) is 0.772. The molecule has 0 spiro atoms. The minimum Gasteiger partial charge on any atom is -0.216 e. The Hall–Kier alpha value is -0.130. The zero-order valence-corrected chi connectivity index (χ0v) is 6.32. The van der Waals surface area contributed by atoms with Crippen LogP contribution in [-0.2, 0) is 10.2 Å². The van der Waals surface area contributed by atoms with Crippen molar-refractivity contribution in [1.29, 1.82) is 0 Å². The van der Waals surface area contributed by atoms with Crippen LogP contribution >= 0.6 is 0 Å². The third-order valence-corrected chi connectivity index (χ3v) is 3.11. The van der Waals surface area contributed by atoms with Crippen molar-refractivity contribution in [3.05, 3.63) is 0 Å². The molecule has 3 saturated carbocycles. The smallest absolute Gasteiger partial charge is 0.216 e. The van der Waals surface area contributed by atoms with Crippen molar-refractivity contribution in [2.75, 3.05) is 0 Å². The SMILES string of the molecule is NS(=O)(=O)NC12CC(C1)C2. The molecular formula is C5H10N2O2S. The fraction of sp³-hybridized carbons (Fsp3) is 1.00. The Bertz CT molecular complexity index is 242. The summed E-state index contributed by atoms with van der Waals surface area (Å²) >= 11 is 0. The van der Waals surface area contributed by atoms with E-state index in [0.717, 1.165) is 25.2 Å². The van der Waals surface area contributed by atoms with Gasteiger partial charge < -0.3 is 0 Å². The van der Waals surface area contributed by atoms with Gasteiger partial charge >= 0.3 is 0 Å². The van der Waals surface area contributed by atoms with E-state index in [2.05, 4.69) is 4.72 Å². The van der Waals surface area contributed by atoms with E-state index in [1.807, 2.05) is 0 Å². The summed E-state index contributed by atoms with van der Waals surface area (Å²) in [7, 11) is -3.45. The summed E-state index contributed by atoms with van der Waals surface area (Å²) in [4.78, 5) is 0. The van der Waals surface area contributed by atoms with Crippen LogP contribution in [0.2, 0.25) is 0 Å². The molecule has 3 rings (SSSR count). The van der Waals surface area contributed by atoms with Gasteiger partial charge in [-0.1, -0.05) is 0 Å². The van der Waals surface area contributed by atoms with Crippen molar-refractivity contribution in [2.24, 2.45) is 11.1 Å². The Morgan fingerprint density at radius 1 is 1.40 bits per heavy atom. The zero-order chi connectivity index (χ0) is 7.41. The highest BCUT2D eigenvalue weighted by Gasteiger charge is 2.57. The van der Waals surface area contributed by atoms with Gasteiger partial charge in [0.05, 0.1) is 0 Å². The molecule has 3 aliphatic carbocycles. The van der Waals surface area contributed by atoms with E-state index in [4.69, 9.17) is 5.14 Å². The van der Waals surface area contributed by atoms with E-state index in [1.54, 1.807) is 0 Å². The Morgan fingerprint density at radius 3 is 2.00 bits per heavy atom. The van der Waals surface area contributed by atoms with E-state index in [1.165, 1.54) is 0 Å². The quantitative estimate of drug-likeness (QED) is 0.565.